The molecule has 2 rings (SSSR count). The molecule has 0 amide bonds. The quantitative estimate of drug-likeness (QED) is 0.841. The molecule has 0 aliphatic carbocycles. The van der Waals surface area contributed by atoms with Gasteiger partial charge in [-0.1, -0.05) is 0 Å². The zero-order chi connectivity index (χ0) is 11.0. The molecule has 0 aromatic carbocycles. The van der Waals surface area contributed by atoms with Crippen LogP contribution < -0.4 is 0 Å². The van der Waals surface area contributed by atoms with Crippen LogP contribution in [0.2, 0.25) is 0 Å². The molecule has 2 aromatic heterocycles. The van der Waals surface area contributed by atoms with Gasteiger partial charge in [0.1, 0.15) is 4.60 Å². The lowest BCUT2D eigenvalue weighted by atomic mass is 10.2. The van der Waals surface area contributed by atoms with Gasteiger partial charge in [0.05, 0.1) is 11.8 Å². The Labute approximate surface area is 96.4 Å². The largest absolute Gasteiger partial charge is 0.375 e. The van der Waals surface area contributed by atoms with Crippen LogP contribution in [-0.4, -0.2) is 21.7 Å². The topological polar surface area (TPSA) is 39.4 Å². The second kappa shape index (κ2) is 3.90. The lowest BCUT2D eigenvalue weighted by molar-refractivity contribution is 0.113. The molecule has 4 nitrogen and oxygen atoms in total. The Bertz CT molecular complexity index is 495. The molecule has 0 saturated heterocycles. The van der Waals surface area contributed by atoms with Crippen molar-refractivity contribution in [3.05, 3.63) is 28.1 Å². The van der Waals surface area contributed by atoms with E-state index in [0.717, 1.165) is 21.5 Å². The van der Waals surface area contributed by atoms with Gasteiger partial charge in [0.15, 0.2) is 5.65 Å². The standard InChI is InChI=1S/C10H12BrN3O/c1-6-5-12-9-4-8(11)13-14(9)10(6)7(2)15-3/h4-5,7H,1-3H3/t7-/m0/s1. The molecule has 2 heterocycles. The van der Waals surface area contributed by atoms with Crippen molar-refractivity contribution in [3.63, 3.8) is 0 Å². The van der Waals surface area contributed by atoms with Crippen LogP contribution in [0.5, 0.6) is 0 Å². The lowest BCUT2D eigenvalue weighted by Crippen LogP contribution is -2.08. The predicted octanol–water partition coefficient (Wildman–Crippen LogP) is 2.51. The zero-order valence-electron chi connectivity index (χ0n) is 8.86. The van der Waals surface area contributed by atoms with Crippen molar-refractivity contribution in [2.24, 2.45) is 0 Å². The van der Waals surface area contributed by atoms with Crippen LogP contribution in [0.3, 0.4) is 0 Å². The van der Waals surface area contributed by atoms with Gasteiger partial charge in [-0.3, -0.25) is 0 Å². The van der Waals surface area contributed by atoms with Gasteiger partial charge < -0.3 is 4.74 Å². The van der Waals surface area contributed by atoms with Gasteiger partial charge in [-0.15, -0.1) is 0 Å². The molecule has 80 valence electrons. The van der Waals surface area contributed by atoms with E-state index < -0.39 is 0 Å². The summed E-state index contributed by atoms with van der Waals surface area (Å²) in [6.07, 6.45) is 1.84. The van der Waals surface area contributed by atoms with Crippen LogP contribution in [0.1, 0.15) is 24.3 Å². The summed E-state index contributed by atoms with van der Waals surface area (Å²) in [5.74, 6) is 0. The summed E-state index contributed by atoms with van der Waals surface area (Å²) < 4.78 is 7.93. The van der Waals surface area contributed by atoms with Crippen LogP contribution in [0.4, 0.5) is 0 Å². The van der Waals surface area contributed by atoms with Gasteiger partial charge in [-0.2, -0.15) is 5.10 Å². The van der Waals surface area contributed by atoms with Crippen molar-refractivity contribution in [2.45, 2.75) is 20.0 Å². The van der Waals surface area contributed by atoms with Gasteiger partial charge in [0.2, 0.25) is 0 Å². The van der Waals surface area contributed by atoms with Crippen LogP contribution in [0, 0.1) is 6.92 Å². The molecule has 0 saturated carbocycles. The SMILES string of the molecule is CO[C@@H](C)c1c(C)cnc2cc(Br)nn12. The first kappa shape index (κ1) is 10.6. The second-order valence-corrected chi connectivity index (χ2v) is 4.25. The van der Waals surface area contributed by atoms with Gasteiger partial charge in [0.25, 0.3) is 0 Å². The summed E-state index contributed by atoms with van der Waals surface area (Å²) in [5, 5.41) is 4.33. The molecule has 5 heteroatoms. The van der Waals surface area contributed by atoms with Gasteiger partial charge >= 0.3 is 0 Å². The van der Waals surface area contributed by atoms with E-state index in [1.54, 1.807) is 7.11 Å². The minimum atomic E-state index is 0.00213. The fourth-order valence-electron chi connectivity index (χ4n) is 1.61. The second-order valence-electron chi connectivity index (χ2n) is 3.44. The van der Waals surface area contributed by atoms with Crippen molar-refractivity contribution in [1.29, 1.82) is 0 Å². The summed E-state index contributed by atoms with van der Waals surface area (Å²) in [5.41, 5.74) is 2.94. The maximum atomic E-state index is 5.33. The summed E-state index contributed by atoms with van der Waals surface area (Å²) in [6.45, 7) is 4.00. The number of aryl methyl sites for hydroxylation is 1. The number of fused-ring (bicyclic) bond motifs is 1. The van der Waals surface area contributed by atoms with Crippen LogP contribution >= 0.6 is 15.9 Å². The number of rotatable bonds is 2. The summed E-state index contributed by atoms with van der Waals surface area (Å²) in [7, 11) is 1.69. The summed E-state index contributed by atoms with van der Waals surface area (Å²) >= 11 is 3.34. The molecule has 0 aliphatic heterocycles. The monoisotopic (exact) mass is 269 g/mol. The number of halogens is 1. The Hall–Kier alpha value is -0.940. The Morgan fingerprint density at radius 1 is 1.53 bits per heavy atom. The van der Waals surface area contributed by atoms with E-state index in [2.05, 4.69) is 26.0 Å². The lowest BCUT2D eigenvalue weighted by Gasteiger charge is -2.13. The molecule has 1 atom stereocenters. The maximum absolute atomic E-state index is 5.33. The van der Waals surface area contributed by atoms with E-state index in [-0.39, 0.29) is 6.10 Å². The normalized spacial score (nSPS) is 13.3. The molecule has 2 aromatic rings. The molecule has 0 radical (unpaired) electrons. The summed E-state index contributed by atoms with van der Waals surface area (Å²) in [6, 6.07) is 1.88. The molecule has 0 N–H and O–H groups in total. The number of methoxy groups -OCH3 is 1. The van der Waals surface area contributed by atoms with E-state index in [1.165, 1.54) is 0 Å². The van der Waals surface area contributed by atoms with Crippen LogP contribution in [0.15, 0.2) is 16.9 Å². The minimum Gasteiger partial charge on any atom is -0.375 e. The van der Waals surface area contributed by atoms with E-state index in [1.807, 2.05) is 30.6 Å². The predicted molar refractivity (Wildman–Crippen MR) is 60.8 cm³/mol. The molecular formula is C10H12BrN3O. The molecule has 0 aliphatic rings. The highest BCUT2D eigenvalue weighted by Gasteiger charge is 2.14. The molecular weight excluding hydrogens is 258 g/mol. The van der Waals surface area contributed by atoms with Gasteiger partial charge in [-0.05, 0) is 35.3 Å². The Morgan fingerprint density at radius 2 is 2.27 bits per heavy atom. The molecule has 0 unspecified atom stereocenters. The van der Waals surface area contributed by atoms with E-state index >= 15 is 0 Å². The zero-order valence-corrected chi connectivity index (χ0v) is 10.4. The van der Waals surface area contributed by atoms with E-state index in [9.17, 15) is 0 Å². The fourth-order valence-corrected chi connectivity index (χ4v) is 1.98. The summed E-state index contributed by atoms with van der Waals surface area (Å²) in [4.78, 5) is 4.29. The van der Waals surface area contributed by atoms with Gasteiger partial charge in [0, 0.05) is 19.4 Å². The number of hydrogen-bond acceptors (Lipinski definition) is 3. The number of hydrogen-bond donors (Lipinski definition) is 0. The molecule has 15 heavy (non-hydrogen) atoms. The highest BCUT2D eigenvalue weighted by atomic mass is 79.9. The molecule has 0 bridgehead atoms. The van der Waals surface area contributed by atoms with Crippen LogP contribution in [0.25, 0.3) is 5.65 Å². The minimum absolute atomic E-state index is 0.00213. The van der Waals surface area contributed by atoms with Crippen LogP contribution in [-0.2, 0) is 4.74 Å². The average Bonchev–Trinajstić information content (AvgIpc) is 2.57. The molecule has 0 fully saturated rings. The van der Waals surface area contributed by atoms with Crippen molar-refractivity contribution in [3.8, 4) is 0 Å². The fraction of sp³-hybridized carbons (Fsp3) is 0.400. The van der Waals surface area contributed by atoms with Gasteiger partial charge in [-0.25, -0.2) is 9.50 Å². The van der Waals surface area contributed by atoms with Crippen molar-refractivity contribution in [2.75, 3.05) is 7.11 Å². The average molecular weight is 270 g/mol. The molecule has 0 spiro atoms. The number of ether oxygens (including phenoxy) is 1. The third-order valence-electron chi connectivity index (χ3n) is 2.42. The number of aromatic nitrogens is 3. The third-order valence-corrected chi connectivity index (χ3v) is 2.81. The highest BCUT2D eigenvalue weighted by Crippen LogP contribution is 2.21. The Balaban J connectivity index is 2.73. The van der Waals surface area contributed by atoms with Crippen molar-refractivity contribution >= 4 is 21.6 Å². The van der Waals surface area contributed by atoms with Crippen molar-refractivity contribution < 1.29 is 4.74 Å². The smallest absolute Gasteiger partial charge is 0.156 e. The van der Waals surface area contributed by atoms with E-state index in [0.29, 0.717) is 0 Å². The first-order valence-electron chi connectivity index (χ1n) is 4.67. The maximum Gasteiger partial charge on any atom is 0.156 e. The highest BCUT2D eigenvalue weighted by molar-refractivity contribution is 9.10. The Morgan fingerprint density at radius 3 is 2.93 bits per heavy atom. The first-order chi connectivity index (χ1) is 7.13. The number of nitrogens with zero attached hydrogens (tertiary/aromatic N) is 3. The first-order valence-corrected chi connectivity index (χ1v) is 5.46. The Kier molecular flexibility index (Phi) is 2.75. The van der Waals surface area contributed by atoms with Crippen molar-refractivity contribution in [1.82, 2.24) is 14.6 Å². The van der Waals surface area contributed by atoms with E-state index in [4.69, 9.17) is 4.74 Å². The third kappa shape index (κ3) is 1.77.